The van der Waals surface area contributed by atoms with Gasteiger partial charge >= 0.3 is 0 Å². The van der Waals surface area contributed by atoms with E-state index < -0.39 is 0 Å². The Morgan fingerprint density at radius 1 is 1.44 bits per heavy atom. The molecule has 0 radical (unpaired) electrons. The number of amides is 1. The molecule has 0 fully saturated rings. The Labute approximate surface area is 96.8 Å². The van der Waals surface area contributed by atoms with Crippen LogP contribution in [-0.2, 0) is 11.3 Å². The number of anilines is 1. The topological polar surface area (TPSA) is 32.3 Å². The molecule has 0 aliphatic carbocycles. The monoisotopic (exact) mass is 218 g/mol. The van der Waals surface area contributed by atoms with Crippen LogP contribution in [0, 0.1) is 0 Å². The number of benzene rings is 1. The van der Waals surface area contributed by atoms with Crippen molar-refractivity contribution in [2.75, 3.05) is 19.4 Å². The molecule has 1 aromatic carbocycles. The van der Waals surface area contributed by atoms with Crippen molar-refractivity contribution in [3.05, 3.63) is 42.0 Å². The fourth-order valence-electron chi connectivity index (χ4n) is 1.45. The van der Waals surface area contributed by atoms with Crippen LogP contribution in [0.3, 0.4) is 0 Å². The third kappa shape index (κ3) is 4.28. The number of nitrogens with one attached hydrogen (secondary N) is 1. The van der Waals surface area contributed by atoms with E-state index in [0.717, 1.165) is 12.2 Å². The fraction of sp³-hybridized carbons (Fsp3) is 0.308. The SMILES string of the molecule is CC=CC(=O)Nc1cccc(CN(C)C)c1. The van der Waals surface area contributed by atoms with Gasteiger partial charge in [-0.3, -0.25) is 4.79 Å². The van der Waals surface area contributed by atoms with Crippen LogP contribution >= 0.6 is 0 Å². The molecule has 0 aliphatic heterocycles. The fourth-order valence-corrected chi connectivity index (χ4v) is 1.45. The standard InChI is InChI=1S/C13H18N2O/c1-4-6-13(16)14-12-8-5-7-11(9-12)10-15(2)3/h4-9H,10H2,1-3H3,(H,14,16). The summed E-state index contributed by atoms with van der Waals surface area (Å²) in [4.78, 5) is 13.4. The molecule has 0 bridgehead atoms. The molecule has 3 heteroatoms. The molecule has 1 amide bonds. The number of allylic oxidation sites excluding steroid dienone is 1. The maximum absolute atomic E-state index is 11.3. The average Bonchev–Trinajstić information content (AvgIpc) is 2.17. The molecule has 3 nitrogen and oxygen atoms in total. The minimum absolute atomic E-state index is 0.0931. The molecule has 1 rings (SSSR count). The highest BCUT2D eigenvalue weighted by atomic mass is 16.1. The third-order valence-corrected chi connectivity index (χ3v) is 2.01. The molecule has 0 aliphatic rings. The Bertz CT molecular complexity index is 383. The smallest absolute Gasteiger partial charge is 0.248 e. The molecule has 86 valence electrons. The first-order chi connectivity index (χ1) is 7.61. The van der Waals surface area contributed by atoms with E-state index in [1.165, 1.54) is 11.6 Å². The van der Waals surface area contributed by atoms with E-state index in [1.54, 1.807) is 6.08 Å². The Morgan fingerprint density at radius 3 is 2.81 bits per heavy atom. The third-order valence-electron chi connectivity index (χ3n) is 2.01. The molecule has 16 heavy (non-hydrogen) atoms. The lowest BCUT2D eigenvalue weighted by Gasteiger charge is -2.10. The molecule has 0 unspecified atom stereocenters. The number of hydrogen-bond donors (Lipinski definition) is 1. The number of rotatable bonds is 4. The number of hydrogen-bond acceptors (Lipinski definition) is 2. The van der Waals surface area contributed by atoms with Crippen molar-refractivity contribution in [1.82, 2.24) is 4.90 Å². The Kier molecular flexibility index (Phi) is 4.73. The molecule has 0 spiro atoms. The highest BCUT2D eigenvalue weighted by Crippen LogP contribution is 2.11. The Hall–Kier alpha value is -1.61. The van der Waals surface area contributed by atoms with E-state index in [2.05, 4.69) is 10.2 Å². The summed E-state index contributed by atoms with van der Waals surface area (Å²) < 4.78 is 0. The van der Waals surface area contributed by atoms with Crippen LogP contribution in [0.15, 0.2) is 36.4 Å². The maximum atomic E-state index is 11.3. The van der Waals surface area contributed by atoms with Crippen LogP contribution in [0.2, 0.25) is 0 Å². The van der Waals surface area contributed by atoms with Gasteiger partial charge in [0.1, 0.15) is 0 Å². The van der Waals surface area contributed by atoms with Gasteiger partial charge in [-0.1, -0.05) is 18.2 Å². The zero-order valence-electron chi connectivity index (χ0n) is 10.0. The summed E-state index contributed by atoms with van der Waals surface area (Å²) in [7, 11) is 4.04. The molecule has 0 aromatic heterocycles. The summed E-state index contributed by atoms with van der Waals surface area (Å²) in [5, 5.41) is 2.81. The predicted molar refractivity (Wildman–Crippen MR) is 67.3 cm³/mol. The molecule has 0 saturated heterocycles. The van der Waals surface area contributed by atoms with Gasteiger partial charge in [-0.25, -0.2) is 0 Å². The number of carbonyl (C=O) groups is 1. The van der Waals surface area contributed by atoms with Crippen molar-refractivity contribution in [2.24, 2.45) is 0 Å². The van der Waals surface area contributed by atoms with Crippen LogP contribution < -0.4 is 5.32 Å². The molecule has 1 N–H and O–H groups in total. The Balaban J connectivity index is 2.70. The molecule has 0 saturated carbocycles. The van der Waals surface area contributed by atoms with Crippen LogP contribution in [-0.4, -0.2) is 24.9 Å². The predicted octanol–water partition coefficient (Wildman–Crippen LogP) is 2.26. The summed E-state index contributed by atoms with van der Waals surface area (Å²) in [6.45, 7) is 2.69. The number of carbonyl (C=O) groups excluding carboxylic acids is 1. The lowest BCUT2D eigenvalue weighted by atomic mass is 10.2. The van der Waals surface area contributed by atoms with Crippen molar-refractivity contribution in [3.8, 4) is 0 Å². The van der Waals surface area contributed by atoms with Crippen LogP contribution in [0.25, 0.3) is 0 Å². The molecule has 0 atom stereocenters. The lowest BCUT2D eigenvalue weighted by Crippen LogP contribution is -2.12. The average molecular weight is 218 g/mol. The van der Waals surface area contributed by atoms with Gasteiger partial charge in [-0.05, 0) is 44.8 Å². The van der Waals surface area contributed by atoms with Crippen molar-refractivity contribution < 1.29 is 4.79 Å². The van der Waals surface area contributed by atoms with Gasteiger partial charge in [0.2, 0.25) is 5.91 Å². The van der Waals surface area contributed by atoms with Gasteiger partial charge in [-0.2, -0.15) is 0 Å². The Morgan fingerprint density at radius 2 is 2.19 bits per heavy atom. The van der Waals surface area contributed by atoms with Gasteiger partial charge in [0, 0.05) is 12.2 Å². The highest BCUT2D eigenvalue weighted by molar-refractivity contribution is 5.99. The molecule has 1 aromatic rings. The van der Waals surface area contributed by atoms with Gasteiger partial charge in [0.05, 0.1) is 0 Å². The van der Waals surface area contributed by atoms with Crippen LogP contribution in [0.1, 0.15) is 12.5 Å². The first-order valence-corrected chi connectivity index (χ1v) is 5.29. The van der Waals surface area contributed by atoms with E-state index >= 15 is 0 Å². The van der Waals surface area contributed by atoms with Gasteiger partial charge in [0.15, 0.2) is 0 Å². The van der Waals surface area contributed by atoms with Crippen LogP contribution in [0.5, 0.6) is 0 Å². The second-order valence-corrected chi connectivity index (χ2v) is 3.93. The zero-order valence-corrected chi connectivity index (χ0v) is 10.0. The highest BCUT2D eigenvalue weighted by Gasteiger charge is 1.99. The minimum Gasteiger partial charge on any atom is -0.323 e. The summed E-state index contributed by atoms with van der Waals surface area (Å²) in [6, 6.07) is 7.87. The minimum atomic E-state index is -0.0931. The summed E-state index contributed by atoms with van der Waals surface area (Å²) in [5.74, 6) is -0.0931. The first kappa shape index (κ1) is 12.5. The molecular formula is C13H18N2O. The van der Waals surface area contributed by atoms with E-state index in [1.807, 2.05) is 45.3 Å². The molecule has 0 heterocycles. The molecular weight excluding hydrogens is 200 g/mol. The first-order valence-electron chi connectivity index (χ1n) is 5.29. The van der Waals surface area contributed by atoms with Gasteiger partial charge < -0.3 is 10.2 Å². The van der Waals surface area contributed by atoms with Crippen molar-refractivity contribution in [1.29, 1.82) is 0 Å². The summed E-state index contributed by atoms with van der Waals surface area (Å²) in [5.41, 5.74) is 2.02. The second-order valence-electron chi connectivity index (χ2n) is 3.93. The van der Waals surface area contributed by atoms with Crippen LogP contribution in [0.4, 0.5) is 5.69 Å². The maximum Gasteiger partial charge on any atom is 0.248 e. The summed E-state index contributed by atoms with van der Waals surface area (Å²) >= 11 is 0. The lowest BCUT2D eigenvalue weighted by molar-refractivity contribution is -0.111. The summed E-state index contributed by atoms with van der Waals surface area (Å²) in [6.07, 6.45) is 3.23. The zero-order chi connectivity index (χ0) is 12.0. The second kappa shape index (κ2) is 6.08. The quantitative estimate of drug-likeness (QED) is 0.786. The van der Waals surface area contributed by atoms with Gasteiger partial charge in [0.25, 0.3) is 0 Å². The van der Waals surface area contributed by atoms with Crippen molar-refractivity contribution >= 4 is 11.6 Å². The van der Waals surface area contributed by atoms with E-state index in [4.69, 9.17) is 0 Å². The van der Waals surface area contributed by atoms with Crippen molar-refractivity contribution in [2.45, 2.75) is 13.5 Å². The van der Waals surface area contributed by atoms with Gasteiger partial charge in [-0.15, -0.1) is 0 Å². The normalized spacial score (nSPS) is 11.0. The van der Waals surface area contributed by atoms with E-state index in [-0.39, 0.29) is 5.91 Å². The largest absolute Gasteiger partial charge is 0.323 e. The van der Waals surface area contributed by atoms with Crippen molar-refractivity contribution in [3.63, 3.8) is 0 Å². The number of nitrogens with zero attached hydrogens (tertiary/aromatic N) is 1. The van der Waals surface area contributed by atoms with E-state index in [0.29, 0.717) is 0 Å². The van der Waals surface area contributed by atoms with E-state index in [9.17, 15) is 4.79 Å².